The van der Waals surface area contributed by atoms with E-state index in [1.807, 2.05) is 12.1 Å². The van der Waals surface area contributed by atoms with Crippen molar-refractivity contribution in [1.82, 2.24) is 15.1 Å². The Morgan fingerprint density at radius 3 is 2.87 bits per heavy atom. The van der Waals surface area contributed by atoms with Gasteiger partial charge in [0.25, 0.3) is 5.91 Å². The lowest BCUT2D eigenvalue weighted by Gasteiger charge is -2.23. The van der Waals surface area contributed by atoms with Gasteiger partial charge in [0.2, 0.25) is 17.8 Å². The number of fused-ring (bicyclic) bond motifs is 1. The molecule has 2 aliphatic heterocycles. The molecule has 0 radical (unpaired) electrons. The minimum atomic E-state index is -0.573. The van der Waals surface area contributed by atoms with Gasteiger partial charge in [0.1, 0.15) is 11.0 Å². The van der Waals surface area contributed by atoms with Crippen molar-refractivity contribution in [2.75, 3.05) is 18.7 Å². The summed E-state index contributed by atoms with van der Waals surface area (Å²) in [5.41, 5.74) is 1.29. The Kier molecular flexibility index (Phi) is 5.21. The predicted molar refractivity (Wildman–Crippen MR) is 116 cm³/mol. The molecule has 0 saturated carbocycles. The number of nitrogens with one attached hydrogen (secondary N) is 1. The third kappa shape index (κ3) is 3.94. The van der Waals surface area contributed by atoms with Crippen LogP contribution in [-0.2, 0) is 4.79 Å². The summed E-state index contributed by atoms with van der Waals surface area (Å²) < 4.78 is 10.7. The minimum absolute atomic E-state index is 0.140. The molecule has 1 unspecified atom stereocenters. The first-order valence-electron chi connectivity index (χ1n) is 9.69. The molecule has 1 atom stereocenters. The fourth-order valence-electron chi connectivity index (χ4n) is 3.68. The maximum absolute atomic E-state index is 13.0. The fourth-order valence-corrected chi connectivity index (χ4v) is 4.61. The second kappa shape index (κ2) is 8.16. The number of aromatic nitrogens is 2. The SMILES string of the molecule is O=C(Nc1nnc(-c2cccc(Cl)c2)s1)C1CCCN1C(=O)c1ccc2c(c1)OCO2. The van der Waals surface area contributed by atoms with E-state index in [4.69, 9.17) is 21.1 Å². The summed E-state index contributed by atoms with van der Waals surface area (Å²) in [6.07, 6.45) is 1.33. The van der Waals surface area contributed by atoms with Crippen molar-refractivity contribution in [3.05, 3.63) is 53.1 Å². The fraction of sp³-hybridized carbons (Fsp3) is 0.238. The minimum Gasteiger partial charge on any atom is -0.454 e. The number of rotatable bonds is 4. The summed E-state index contributed by atoms with van der Waals surface area (Å²) in [4.78, 5) is 27.6. The Labute approximate surface area is 186 Å². The van der Waals surface area contributed by atoms with Crippen LogP contribution in [0.25, 0.3) is 10.6 Å². The van der Waals surface area contributed by atoms with Crippen LogP contribution in [0, 0.1) is 0 Å². The zero-order valence-electron chi connectivity index (χ0n) is 16.2. The van der Waals surface area contributed by atoms with Gasteiger partial charge in [0, 0.05) is 22.7 Å². The number of halogens is 1. The molecule has 1 N–H and O–H groups in total. The molecule has 3 aromatic rings. The standard InChI is InChI=1S/C21H17ClN4O4S/c22-14-4-1-3-12(9-14)19-24-25-21(31-19)23-18(27)15-5-2-8-26(15)20(28)13-6-7-16-17(10-13)30-11-29-16/h1,3-4,6-7,9-10,15H,2,5,8,11H2,(H,23,25,27). The van der Waals surface area contributed by atoms with Crippen molar-refractivity contribution in [2.45, 2.75) is 18.9 Å². The molecule has 158 valence electrons. The van der Waals surface area contributed by atoms with Gasteiger partial charge in [0.05, 0.1) is 0 Å². The summed E-state index contributed by atoms with van der Waals surface area (Å²) in [5.74, 6) is 0.653. The summed E-state index contributed by atoms with van der Waals surface area (Å²) in [6.45, 7) is 0.649. The van der Waals surface area contributed by atoms with E-state index in [1.165, 1.54) is 11.3 Å². The number of carbonyl (C=O) groups excluding carboxylic acids is 2. The first-order chi connectivity index (χ1) is 15.1. The summed E-state index contributed by atoms with van der Waals surface area (Å²) >= 11 is 7.29. The van der Waals surface area contributed by atoms with Crippen molar-refractivity contribution >= 4 is 39.9 Å². The third-order valence-electron chi connectivity index (χ3n) is 5.16. The van der Waals surface area contributed by atoms with Crippen molar-refractivity contribution in [3.63, 3.8) is 0 Å². The Hall–Kier alpha value is -3.17. The second-order valence-corrected chi connectivity index (χ2v) is 8.55. The highest BCUT2D eigenvalue weighted by Crippen LogP contribution is 2.34. The molecule has 0 bridgehead atoms. The lowest BCUT2D eigenvalue weighted by molar-refractivity contribution is -0.119. The Balaban J connectivity index is 1.29. The van der Waals surface area contributed by atoms with Crippen molar-refractivity contribution < 1.29 is 19.1 Å². The maximum Gasteiger partial charge on any atom is 0.254 e. The number of hydrogen-bond donors (Lipinski definition) is 1. The lowest BCUT2D eigenvalue weighted by Crippen LogP contribution is -2.43. The zero-order chi connectivity index (χ0) is 21.4. The number of likely N-dealkylation sites (tertiary alicyclic amines) is 1. The number of ether oxygens (including phenoxy) is 2. The van der Waals surface area contributed by atoms with Crippen LogP contribution in [-0.4, -0.2) is 46.3 Å². The molecule has 2 aliphatic rings. The Morgan fingerprint density at radius 2 is 2.00 bits per heavy atom. The van der Waals surface area contributed by atoms with Gasteiger partial charge >= 0.3 is 0 Å². The number of benzene rings is 2. The molecule has 1 fully saturated rings. The van der Waals surface area contributed by atoms with Crippen LogP contribution in [0.15, 0.2) is 42.5 Å². The number of carbonyl (C=O) groups is 2. The smallest absolute Gasteiger partial charge is 0.254 e. The molecular formula is C21H17ClN4O4S. The molecule has 2 amide bonds. The third-order valence-corrected chi connectivity index (χ3v) is 6.29. The van der Waals surface area contributed by atoms with Gasteiger partial charge < -0.3 is 14.4 Å². The highest BCUT2D eigenvalue weighted by atomic mass is 35.5. The van der Waals surface area contributed by atoms with E-state index in [0.29, 0.717) is 45.2 Å². The van der Waals surface area contributed by atoms with Gasteiger partial charge in [-0.2, -0.15) is 0 Å². The van der Waals surface area contributed by atoms with Gasteiger partial charge in [-0.05, 0) is 43.2 Å². The Bertz CT molecular complexity index is 1170. The predicted octanol–water partition coefficient (Wildman–Crippen LogP) is 3.83. The van der Waals surface area contributed by atoms with E-state index >= 15 is 0 Å². The number of nitrogens with zero attached hydrogens (tertiary/aromatic N) is 3. The van der Waals surface area contributed by atoms with E-state index in [9.17, 15) is 9.59 Å². The molecule has 1 aromatic heterocycles. The average molecular weight is 457 g/mol. The summed E-state index contributed by atoms with van der Waals surface area (Å²) in [5, 5.41) is 12.6. The highest BCUT2D eigenvalue weighted by molar-refractivity contribution is 7.18. The molecular weight excluding hydrogens is 440 g/mol. The van der Waals surface area contributed by atoms with Crippen LogP contribution >= 0.6 is 22.9 Å². The van der Waals surface area contributed by atoms with E-state index in [-0.39, 0.29) is 18.6 Å². The van der Waals surface area contributed by atoms with Gasteiger partial charge in [0.15, 0.2) is 11.5 Å². The molecule has 5 rings (SSSR count). The molecule has 10 heteroatoms. The van der Waals surface area contributed by atoms with Crippen LogP contribution in [0.1, 0.15) is 23.2 Å². The van der Waals surface area contributed by atoms with Gasteiger partial charge in [-0.15, -0.1) is 10.2 Å². The van der Waals surface area contributed by atoms with E-state index in [2.05, 4.69) is 15.5 Å². The van der Waals surface area contributed by atoms with E-state index in [0.717, 1.165) is 12.0 Å². The average Bonchev–Trinajstić information content (AvgIpc) is 3.52. The van der Waals surface area contributed by atoms with Gasteiger partial charge in [-0.1, -0.05) is 35.1 Å². The van der Waals surface area contributed by atoms with Crippen LogP contribution in [0.5, 0.6) is 11.5 Å². The van der Waals surface area contributed by atoms with Crippen LogP contribution < -0.4 is 14.8 Å². The van der Waals surface area contributed by atoms with Crippen LogP contribution in [0.3, 0.4) is 0 Å². The summed E-state index contributed by atoms with van der Waals surface area (Å²) in [6, 6.07) is 11.7. The molecule has 1 saturated heterocycles. The van der Waals surface area contributed by atoms with Gasteiger partial charge in [-0.3, -0.25) is 14.9 Å². The Morgan fingerprint density at radius 1 is 1.13 bits per heavy atom. The van der Waals surface area contributed by atoms with Crippen molar-refractivity contribution in [3.8, 4) is 22.1 Å². The van der Waals surface area contributed by atoms with Crippen molar-refractivity contribution in [2.24, 2.45) is 0 Å². The first-order valence-corrected chi connectivity index (χ1v) is 10.9. The number of amides is 2. The highest BCUT2D eigenvalue weighted by Gasteiger charge is 2.35. The van der Waals surface area contributed by atoms with E-state index in [1.54, 1.807) is 35.2 Å². The normalized spacial score (nSPS) is 17.1. The monoisotopic (exact) mass is 456 g/mol. The quantitative estimate of drug-likeness (QED) is 0.641. The molecule has 3 heterocycles. The number of anilines is 1. The molecule has 8 nitrogen and oxygen atoms in total. The van der Waals surface area contributed by atoms with Crippen LogP contribution in [0.4, 0.5) is 5.13 Å². The molecule has 0 spiro atoms. The molecule has 0 aliphatic carbocycles. The number of hydrogen-bond acceptors (Lipinski definition) is 7. The van der Waals surface area contributed by atoms with Crippen molar-refractivity contribution in [1.29, 1.82) is 0 Å². The first kappa shape index (κ1) is 19.8. The van der Waals surface area contributed by atoms with Gasteiger partial charge in [-0.25, -0.2) is 0 Å². The zero-order valence-corrected chi connectivity index (χ0v) is 17.8. The largest absolute Gasteiger partial charge is 0.454 e. The maximum atomic E-state index is 13.0. The second-order valence-electron chi connectivity index (χ2n) is 7.14. The summed E-state index contributed by atoms with van der Waals surface area (Å²) in [7, 11) is 0. The van der Waals surface area contributed by atoms with E-state index < -0.39 is 6.04 Å². The van der Waals surface area contributed by atoms with Crippen LogP contribution in [0.2, 0.25) is 5.02 Å². The molecule has 31 heavy (non-hydrogen) atoms. The topological polar surface area (TPSA) is 93.7 Å². The lowest BCUT2D eigenvalue weighted by atomic mass is 10.1. The molecule has 2 aromatic carbocycles.